The Balaban J connectivity index is 2.24. The highest BCUT2D eigenvalue weighted by Crippen LogP contribution is 2.26. The second-order valence-electron chi connectivity index (χ2n) is 4.79. The maximum absolute atomic E-state index is 12.2. The van der Waals surface area contributed by atoms with Gasteiger partial charge in [0.1, 0.15) is 5.69 Å². The lowest BCUT2D eigenvalue weighted by atomic mass is 10.1. The summed E-state index contributed by atoms with van der Waals surface area (Å²) < 4.78 is 0. The van der Waals surface area contributed by atoms with Crippen molar-refractivity contribution in [2.75, 3.05) is 23.8 Å². The number of hydrogen-bond donors (Lipinski definition) is 3. The minimum atomic E-state index is -0.604. The van der Waals surface area contributed by atoms with Crippen molar-refractivity contribution in [3.8, 4) is 6.07 Å². The predicted octanol–water partition coefficient (Wildman–Crippen LogP) is 2.12. The van der Waals surface area contributed by atoms with Gasteiger partial charge in [0.15, 0.2) is 0 Å². The van der Waals surface area contributed by atoms with Crippen LogP contribution in [0.2, 0.25) is 0 Å². The van der Waals surface area contributed by atoms with Crippen molar-refractivity contribution in [1.29, 1.82) is 5.26 Å². The Labute approximate surface area is 137 Å². The minimum Gasteiger partial charge on any atom is -0.395 e. The maximum atomic E-state index is 12.2. The molecule has 2 aromatic rings. The number of rotatable bonds is 6. The molecule has 2 aromatic carbocycles. The van der Waals surface area contributed by atoms with E-state index in [9.17, 15) is 14.9 Å². The summed E-state index contributed by atoms with van der Waals surface area (Å²) in [7, 11) is 0. The van der Waals surface area contributed by atoms with Gasteiger partial charge < -0.3 is 15.7 Å². The van der Waals surface area contributed by atoms with E-state index < -0.39 is 10.8 Å². The predicted molar refractivity (Wildman–Crippen MR) is 87.8 cm³/mol. The van der Waals surface area contributed by atoms with Crippen LogP contribution < -0.4 is 10.6 Å². The van der Waals surface area contributed by atoms with Crippen molar-refractivity contribution in [2.24, 2.45) is 0 Å². The molecule has 0 spiro atoms. The number of amides is 1. The summed E-state index contributed by atoms with van der Waals surface area (Å²) in [5, 5.41) is 34.1. The fraction of sp³-hybridized carbons (Fsp3) is 0.125. The molecule has 0 bridgehead atoms. The van der Waals surface area contributed by atoms with Gasteiger partial charge in [0, 0.05) is 23.9 Å². The summed E-state index contributed by atoms with van der Waals surface area (Å²) >= 11 is 0. The monoisotopic (exact) mass is 326 g/mol. The molecule has 0 fully saturated rings. The first-order valence-electron chi connectivity index (χ1n) is 7.00. The van der Waals surface area contributed by atoms with Gasteiger partial charge in [-0.25, -0.2) is 0 Å². The van der Waals surface area contributed by atoms with Crippen molar-refractivity contribution in [1.82, 2.24) is 0 Å². The molecule has 0 heterocycles. The molecule has 0 aliphatic rings. The number of nitriles is 1. The van der Waals surface area contributed by atoms with Crippen molar-refractivity contribution < 1.29 is 14.8 Å². The van der Waals surface area contributed by atoms with Crippen molar-refractivity contribution >= 4 is 23.0 Å². The smallest absolute Gasteiger partial charge is 0.293 e. The van der Waals surface area contributed by atoms with E-state index in [0.29, 0.717) is 11.3 Å². The molecular formula is C16H14N4O4. The van der Waals surface area contributed by atoms with Crippen LogP contribution in [0.3, 0.4) is 0 Å². The fourth-order valence-corrected chi connectivity index (χ4v) is 2.03. The molecule has 122 valence electrons. The van der Waals surface area contributed by atoms with Crippen LogP contribution >= 0.6 is 0 Å². The number of carbonyl (C=O) groups is 1. The summed E-state index contributed by atoms with van der Waals surface area (Å²) in [5.74, 6) is -0.526. The third-order valence-corrected chi connectivity index (χ3v) is 3.13. The van der Waals surface area contributed by atoms with E-state index in [-0.39, 0.29) is 30.1 Å². The van der Waals surface area contributed by atoms with Crippen molar-refractivity contribution in [3.05, 3.63) is 63.7 Å². The Bertz CT molecular complexity index is 814. The average Bonchev–Trinajstić information content (AvgIpc) is 2.59. The lowest BCUT2D eigenvalue weighted by Gasteiger charge is -2.08. The number of nitro benzene ring substituents is 1. The molecule has 2 rings (SSSR count). The van der Waals surface area contributed by atoms with Gasteiger partial charge in [-0.1, -0.05) is 6.07 Å². The number of hydrogen-bond acceptors (Lipinski definition) is 6. The SMILES string of the molecule is N#Cc1cccc(NC(=O)c2ccc(NCCO)c([N+](=O)[O-])c2)c1. The number of nitrogens with zero attached hydrogens (tertiary/aromatic N) is 2. The number of aliphatic hydroxyl groups excluding tert-OH is 1. The van der Waals surface area contributed by atoms with Gasteiger partial charge >= 0.3 is 0 Å². The molecule has 0 radical (unpaired) electrons. The second kappa shape index (κ2) is 7.71. The number of carbonyl (C=O) groups excluding carboxylic acids is 1. The Morgan fingerprint density at radius 3 is 2.75 bits per heavy atom. The zero-order chi connectivity index (χ0) is 17.5. The zero-order valence-electron chi connectivity index (χ0n) is 12.5. The Hall–Kier alpha value is -3.44. The van der Waals surface area contributed by atoms with Gasteiger partial charge in [0.25, 0.3) is 11.6 Å². The second-order valence-corrected chi connectivity index (χ2v) is 4.79. The molecule has 8 nitrogen and oxygen atoms in total. The summed E-state index contributed by atoms with van der Waals surface area (Å²) in [5.41, 5.74) is 0.879. The van der Waals surface area contributed by atoms with Gasteiger partial charge in [0.2, 0.25) is 0 Å². The quantitative estimate of drug-likeness (QED) is 0.551. The normalized spacial score (nSPS) is 9.83. The van der Waals surface area contributed by atoms with E-state index in [1.54, 1.807) is 18.2 Å². The van der Waals surface area contributed by atoms with Gasteiger partial charge in [0.05, 0.1) is 23.2 Å². The molecule has 0 saturated heterocycles. The molecule has 0 saturated carbocycles. The van der Waals surface area contributed by atoms with Crippen LogP contribution in [-0.4, -0.2) is 29.1 Å². The molecule has 0 aliphatic carbocycles. The first-order valence-corrected chi connectivity index (χ1v) is 7.00. The van der Waals surface area contributed by atoms with E-state index in [1.165, 1.54) is 18.2 Å². The number of nitrogens with one attached hydrogen (secondary N) is 2. The van der Waals surface area contributed by atoms with Crippen LogP contribution in [0.15, 0.2) is 42.5 Å². The fourth-order valence-electron chi connectivity index (χ4n) is 2.03. The number of anilines is 2. The van der Waals surface area contributed by atoms with Gasteiger partial charge in [-0.2, -0.15) is 5.26 Å². The Kier molecular flexibility index (Phi) is 5.44. The first kappa shape index (κ1) is 16.9. The van der Waals surface area contributed by atoms with Crippen molar-refractivity contribution in [2.45, 2.75) is 0 Å². The van der Waals surface area contributed by atoms with Crippen LogP contribution in [-0.2, 0) is 0 Å². The van der Waals surface area contributed by atoms with Crippen LogP contribution in [0.5, 0.6) is 0 Å². The third-order valence-electron chi connectivity index (χ3n) is 3.13. The van der Waals surface area contributed by atoms with Gasteiger partial charge in [-0.15, -0.1) is 0 Å². The molecular weight excluding hydrogens is 312 g/mol. The van der Waals surface area contributed by atoms with Crippen LogP contribution in [0.4, 0.5) is 17.1 Å². The van der Waals surface area contributed by atoms with E-state index in [1.807, 2.05) is 6.07 Å². The summed E-state index contributed by atoms with van der Waals surface area (Å²) in [6, 6.07) is 12.3. The van der Waals surface area contributed by atoms with E-state index >= 15 is 0 Å². The highest BCUT2D eigenvalue weighted by atomic mass is 16.6. The molecule has 0 unspecified atom stereocenters. The molecule has 0 aliphatic heterocycles. The lowest BCUT2D eigenvalue weighted by molar-refractivity contribution is -0.384. The minimum absolute atomic E-state index is 0.110. The van der Waals surface area contributed by atoms with Gasteiger partial charge in [-0.05, 0) is 30.3 Å². The van der Waals surface area contributed by atoms with Crippen LogP contribution in [0.25, 0.3) is 0 Å². The number of benzene rings is 2. The van der Waals surface area contributed by atoms with Gasteiger partial charge in [-0.3, -0.25) is 14.9 Å². The Morgan fingerprint density at radius 1 is 1.29 bits per heavy atom. The molecule has 8 heteroatoms. The van der Waals surface area contributed by atoms with E-state index in [2.05, 4.69) is 10.6 Å². The van der Waals surface area contributed by atoms with E-state index in [0.717, 1.165) is 6.07 Å². The largest absolute Gasteiger partial charge is 0.395 e. The number of nitro groups is 1. The van der Waals surface area contributed by atoms with E-state index in [4.69, 9.17) is 10.4 Å². The van der Waals surface area contributed by atoms with Crippen LogP contribution in [0, 0.1) is 21.4 Å². The zero-order valence-corrected chi connectivity index (χ0v) is 12.5. The molecule has 0 atom stereocenters. The summed E-state index contributed by atoms with van der Waals surface area (Å²) in [6.07, 6.45) is 0. The molecule has 1 amide bonds. The average molecular weight is 326 g/mol. The molecule has 0 aromatic heterocycles. The highest BCUT2D eigenvalue weighted by Gasteiger charge is 2.17. The topological polar surface area (TPSA) is 128 Å². The number of aliphatic hydroxyl groups is 1. The summed E-state index contributed by atoms with van der Waals surface area (Å²) in [4.78, 5) is 22.8. The summed E-state index contributed by atoms with van der Waals surface area (Å²) in [6.45, 7) is -0.0119. The molecule has 24 heavy (non-hydrogen) atoms. The Morgan fingerprint density at radius 2 is 2.08 bits per heavy atom. The highest BCUT2D eigenvalue weighted by molar-refractivity contribution is 6.05. The molecule has 3 N–H and O–H groups in total. The third kappa shape index (κ3) is 4.06. The van der Waals surface area contributed by atoms with Crippen molar-refractivity contribution in [3.63, 3.8) is 0 Å². The standard InChI is InChI=1S/C16H14N4O4/c17-10-11-2-1-3-13(8-11)19-16(22)12-4-5-14(18-6-7-21)15(9-12)20(23)24/h1-5,8-9,18,21H,6-7H2,(H,19,22). The van der Waals surface area contributed by atoms with Crippen LogP contribution in [0.1, 0.15) is 15.9 Å². The first-order chi connectivity index (χ1) is 11.5. The lowest BCUT2D eigenvalue weighted by Crippen LogP contribution is -2.13. The maximum Gasteiger partial charge on any atom is 0.293 e.